The van der Waals surface area contributed by atoms with Crippen LogP contribution in [-0.2, 0) is 6.42 Å². The third-order valence-corrected chi connectivity index (χ3v) is 4.22. The van der Waals surface area contributed by atoms with Gasteiger partial charge >= 0.3 is 0 Å². The summed E-state index contributed by atoms with van der Waals surface area (Å²) in [6.07, 6.45) is 3.74. The molecule has 23 heavy (non-hydrogen) atoms. The lowest BCUT2D eigenvalue weighted by Gasteiger charge is -2.19. The third kappa shape index (κ3) is 7.04. The van der Waals surface area contributed by atoms with Crippen molar-refractivity contribution < 1.29 is 0 Å². The highest BCUT2D eigenvalue weighted by Gasteiger charge is 2.14. The number of hydrogen-bond acceptors (Lipinski definition) is 2. The summed E-state index contributed by atoms with van der Waals surface area (Å²) < 4.78 is 0. The molecule has 1 unspecified atom stereocenters. The van der Waals surface area contributed by atoms with Crippen LogP contribution in [0.25, 0.3) is 0 Å². The molecule has 0 aromatic heterocycles. The lowest BCUT2D eigenvalue weighted by Crippen LogP contribution is -2.39. The minimum absolute atomic E-state index is 0.609. The molecule has 4 heteroatoms. The van der Waals surface area contributed by atoms with E-state index in [1.807, 2.05) is 0 Å². The molecule has 0 aliphatic carbocycles. The molecule has 1 aliphatic heterocycles. The van der Waals surface area contributed by atoms with Crippen LogP contribution in [0.3, 0.4) is 0 Å². The summed E-state index contributed by atoms with van der Waals surface area (Å²) in [6.45, 7) is 10.8. The normalized spacial score (nSPS) is 17.2. The van der Waals surface area contributed by atoms with Crippen molar-refractivity contribution in [2.75, 3.05) is 39.3 Å². The van der Waals surface area contributed by atoms with Crippen LogP contribution in [-0.4, -0.2) is 50.1 Å². The summed E-state index contributed by atoms with van der Waals surface area (Å²) >= 11 is 0. The van der Waals surface area contributed by atoms with E-state index < -0.39 is 0 Å². The molecular weight excluding hydrogens is 284 g/mol. The van der Waals surface area contributed by atoms with Gasteiger partial charge in [0.1, 0.15) is 0 Å². The van der Waals surface area contributed by atoms with Crippen LogP contribution in [0.5, 0.6) is 0 Å². The topological polar surface area (TPSA) is 39.7 Å². The predicted octanol–water partition coefficient (Wildman–Crippen LogP) is 2.52. The van der Waals surface area contributed by atoms with Gasteiger partial charge in [-0.25, -0.2) is 0 Å². The Morgan fingerprint density at radius 3 is 2.61 bits per heavy atom. The second-order valence-corrected chi connectivity index (χ2v) is 6.49. The second-order valence-electron chi connectivity index (χ2n) is 6.49. The Bertz CT molecular complexity index is 452. The largest absolute Gasteiger partial charge is 0.357 e. The number of rotatable bonds is 8. The Morgan fingerprint density at radius 1 is 1.17 bits per heavy atom. The summed E-state index contributed by atoms with van der Waals surface area (Å²) in [7, 11) is 0. The van der Waals surface area contributed by atoms with E-state index >= 15 is 0 Å². The van der Waals surface area contributed by atoms with Crippen LogP contribution >= 0.6 is 0 Å². The monoisotopic (exact) mass is 316 g/mol. The molecule has 0 amide bonds. The molecule has 1 aliphatic rings. The summed E-state index contributed by atoms with van der Waals surface area (Å²) in [5.41, 5.74) is 1.36. The smallest absolute Gasteiger partial charge is 0.191 e. The van der Waals surface area contributed by atoms with E-state index in [0.717, 1.165) is 32.0 Å². The molecule has 0 bridgehead atoms. The maximum Gasteiger partial charge on any atom is 0.191 e. The Morgan fingerprint density at radius 2 is 1.91 bits per heavy atom. The molecule has 1 aromatic carbocycles. The first kappa shape index (κ1) is 17.8. The van der Waals surface area contributed by atoms with Gasteiger partial charge in [0, 0.05) is 26.2 Å². The number of guanidine groups is 1. The van der Waals surface area contributed by atoms with Crippen LogP contribution in [0.15, 0.2) is 35.3 Å². The molecule has 1 aromatic rings. The van der Waals surface area contributed by atoms with Gasteiger partial charge in [-0.05, 0) is 50.8 Å². The van der Waals surface area contributed by atoms with Crippen molar-refractivity contribution >= 4 is 5.96 Å². The summed E-state index contributed by atoms with van der Waals surface area (Å²) in [5, 5.41) is 6.79. The molecule has 1 saturated heterocycles. The molecule has 4 nitrogen and oxygen atoms in total. The first-order chi connectivity index (χ1) is 11.3. The minimum Gasteiger partial charge on any atom is -0.357 e. The average molecular weight is 316 g/mol. The van der Waals surface area contributed by atoms with Crippen molar-refractivity contribution in [3.05, 3.63) is 35.9 Å². The standard InChI is InChI=1S/C19H32N4/c1-3-20-19(21-12-11-18-9-5-4-6-10-18)22-15-17(2)16-23-13-7-8-14-23/h4-6,9-10,17H,3,7-8,11-16H2,1-2H3,(H2,20,21,22). The van der Waals surface area contributed by atoms with Crippen LogP contribution in [0.4, 0.5) is 0 Å². The zero-order valence-electron chi connectivity index (χ0n) is 14.7. The van der Waals surface area contributed by atoms with Gasteiger partial charge in [-0.3, -0.25) is 4.99 Å². The van der Waals surface area contributed by atoms with Crippen molar-refractivity contribution in [3.63, 3.8) is 0 Å². The van der Waals surface area contributed by atoms with Crippen molar-refractivity contribution in [3.8, 4) is 0 Å². The van der Waals surface area contributed by atoms with Gasteiger partial charge < -0.3 is 15.5 Å². The number of aliphatic imine (C=N–C) groups is 1. The minimum atomic E-state index is 0.609. The highest BCUT2D eigenvalue weighted by molar-refractivity contribution is 5.79. The fraction of sp³-hybridized carbons (Fsp3) is 0.632. The third-order valence-electron chi connectivity index (χ3n) is 4.22. The van der Waals surface area contributed by atoms with Crippen LogP contribution in [0, 0.1) is 5.92 Å². The summed E-state index contributed by atoms with van der Waals surface area (Å²) in [6, 6.07) is 10.6. The van der Waals surface area contributed by atoms with E-state index in [4.69, 9.17) is 4.99 Å². The first-order valence-electron chi connectivity index (χ1n) is 9.06. The lowest BCUT2D eigenvalue weighted by molar-refractivity contribution is 0.291. The Labute approximate surface area is 141 Å². The SMILES string of the molecule is CCNC(=NCC(C)CN1CCCC1)NCCc1ccccc1. The van der Waals surface area contributed by atoms with Crippen molar-refractivity contribution in [1.82, 2.24) is 15.5 Å². The zero-order valence-corrected chi connectivity index (χ0v) is 14.7. The molecular formula is C19H32N4. The molecule has 0 spiro atoms. The van der Waals surface area contributed by atoms with Gasteiger partial charge in [0.25, 0.3) is 0 Å². The Kier molecular flexibility index (Phi) is 7.95. The zero-order chi connectivity index (χ0) is 16.3. The maximum absolute atomic E-state index is 4.75. The molecule has 0 saturated carbocycles. The number of nitrogens with one attached hydrogen (secondary N) is 2. The highest BCUT2D eigenvalue weighted by Crippen LogP contribution is 2.10. The molecule has 1 atom stereocenters. The van der Waals surface area contributed by atoms with Crippen LogP contribution in [0.1, 0.15) is 32.3 Å². The summed E-state index contributed by atoms with van der Waals surface area (Å²) in [4.78, 5) is 7.32. The van der Waals surface area contributed by atoms with E-state index in [0.29, 0.717) is 5.92 Å². The van der Waals surface area contributed by atoms with E-state index in [2.05, 4.69) is 59.7 Å². The Balaban J connectivity index is 1.72. The number of benzene rings is 1. The number of nitrogens with zero attached hydrogens (tertiary/aromatic N) is 2. The Hall–Kier alpha value is -1.55. The average Bonchev–Trinajstić information content (AvgIpc) is 3.06. The van der Waals surface area contributed by atoms with Crippen LogP contribution < -0.4 is 10.6 Å². The van der Waals surface area contributed by atoms with Gasteiger partial charge in [0.2, 0.25) is 0 Å². The van der Waals surface area contributed by atoms with Crippen molar-refractivity contribution in [1.29, 1.82) is 0 Å². The van der Waals surface area contributed by atoms with Gasteiger partial charge in [0.15, 0.2) is 5.96 Å². The second kappa shape index (κ2) is 10.3. The fourth-order valence-electron chi connectivity index (χ4n) is 3.02. The van der Waals surface area contributed by atoms with Gasteiger partial charge in [-0.15, -0.1) is 0 Å². The van der Waals surface area contributed by atoms with Crippen molar-refractivity contribution in [2.45, 2.75) is 33.1 Å². The predicted molar refractivity (Wildman–Crippen MR) is 99.0 cm³/mol. The molecule has 1 heterocycles. The van der Waals surface area contributed by atoms with E-state index in [-0.39, 0.29) is 0 Å². The molecule has 0 radical (unpaired) electrons. The first-order valence-corrected chi connectivity index (χ1v) is 9.06. The van der Waals surface area contributed by atoms with E-state index in [1.54, 1.807) is 0 Å². The van der Waals surface area contributed by atoms with Crippen molar-refractivity contribution in [2.24, 2.45) is 10.9 Å². The van der Waals surface area contributed by atoms with Gasteiger partial charge in [-0.2, -0.15) is 0 Å². The van der Waals surface area contributed by atoms with E-state index in [1.165, 1.54) is 38.0 Å². The molecule has 2 rings (SSSR count). The van der Waals surface area contributed by atoms with Gasteiger partial charge in [-0.1, -0.05) is 37.3 Å². The van der Waals surface area contributed by atoms with Crippen LogP contribution in [0.2, 0.25) is 0 Å². The quantitative estimate of drug-likeness (QED) is 0.572. The molecule has 128 valence electrons. The highest BCUT2D eigenvalue weighted by atomic mass is 15.2. The number of likely N-dealkylation sites (tertiary alicyclic amines) is 1. The number of hydrogen-bond donors (Lipinski definition) is 2. The molecule has 1 fully saturated rings. The molecule has 2 N–H and O–H groups in total. The fourth-order valence-corrected chi connectivity index (χ4v) is 3.02. The van der Waals surface area contributed by atoms with Gasteiger partial charge in [0.05, 0.1) is 0 Å². The summed E-state index contributed by atoms with van der Waals surface area (Å²) in [5.74, 6) is 1.55. The van der Waals surface area contributed by atoms with E-state index in [9.17, 15) is 0 Å². The maximum atomic E-state index is 4.75. The lowest BCUT2D eigenvalue weighted by atomic mass is 10.1.